The molecule has 0 N–H and O–H groups in total. The minimum absolute atomic E-state index is 0.0103. The van der Waals surface area contributed by atoms with E-state index in [0.717, 1.165) is 34.8 Å². The van der Waals surface area contributed by atoms with Crippen molar-refractivity contribution >= 4 is 22.0 Å². The molecule has 0 spiro atoms. The van der Waals surface area contributed by atoms with Gasteiger partial charge in [-0.3, -0.25) is 4.79 Å². The molecule has 0 unspecified atom stereocenters. The molecule has 0 aromatic heterocycles. The Morgan fingerprint density at radius 3 is 2.44 bits per heavy atom. The molecule has 1 amide bonds. The molecule has 7 nitrogen and oxygen atoms in total. The average Bonchev–Trinajstić information content (AvgIpc) is 2.83. The van der Waals surface area contributed by atoms with Gasteiger partial charge in [-0.1, -0.05) is 19.4 Å². The highest BCUT2D eigenvalue weighted by Crippen LogP contribution is 2.29. The van der Waals surface area contributed by atoms with Gasteiger partial charge in [-0.15, -0.1) is 0 Å². The van der Waals surface area contributed by atoms with Crippen molar-refractivity contribution in [2.45, 2.75) is 24.7 Å². The third kappa shape index (κ3) is 6.12. The van der Waals surface area contributed by atoms with Gasteiger partial charge in [0.25, 0.3) is 0 Å². The molecule has 0 atom stereocenters. The molecule has 0 aliphatic carbocycles. The first kappa shape index (κ1) is 25.6. The fraction of sp³-hybridized carbons (Fsp3) is 0.375. The first-order chi connectivity index (χ1) is 16.3. The zero-order valence-corrected chi connectivity index (χ0v) is 20.0. The van der Waals surface area contributed by atoms with Crippen LogP contribution in [-0.2, 0) is 14.8 Å². The quantitative estimate of drug-likeness (QED) is 0.393. The third-order valence-corrected chi connectivity index (χ3v) is 7.36. The van der Waals surface area contributed by atoms with Gasteiger partial charge in [0.05, 0.1) is 13.7 Å². The zero-order valence-electron chi connectivity index (χ0n) is 19.2. The summed E-state index contributed by atoms with van der Waals surface area (Å²) in [5.74, 6) is -1.06. The van der Waals surface area contributed by atoms with E-state index < -0.39 is 26.6 Å². The average molecular weight is 495 g/mol. The number of unbranched alkanes of at least 4 members (excludes halogenated alkanes) is 1. The van der Waals surface area contributed by atoms with Crippen LogP contribution in [0.15, 0.2) is 47.4 Å². The topological polar surface area (TPSA) is 76.2 Å². The molecule has 2 aromatic rings. The minimum Gasteiger partial charge on any atom is -0.493 e. The number of carbonyl (C=O) groups excluding carboxylic acids is 1. The summed E-state index contributed by atoms with van der Waals surface area (Å²) in [5.41, 5.74) is 0.751. The van der Waals surface area contributed by atoms with Gasteiger partial charge in [0.1, 0.15) is 16.5 Å². The molecular weight excluding hydrogens is 466 g/mol. The number of benzene rings is 2. The number of hydrogen-bond donors (Lipinski definition) is 0. The first-order valence-corrected chi connectivity index (χ1v) is 12.4. The third-order valence-electron chi connectivity index (χ3n) is 5.42. The summed E-state index contributed by atoms with van der Waals surface area (Å²) < 4.78 is 64.7. The monoisotopic (exact) mass is 494 g/mol. The number of nitrogens with zero attached hydrogens (tertiary/aromatic N) is 2. The van der Waals surface area contributed by atoms with Gasteiger partial charge in [-0.2, -0.15) is 4.31 Å². The van der Waals surface area contributed by atoms with Gasteiger partial charge in [-0.05, 0) is 42.3 Å². The predicted octanol–water partition coefficient (Wildman–Crippen LogP) is 3.70. The van der Waals surface area contributed by atoms with Crippen molar-refractivity contribution in [1.29, 1.82) is 0 Å². The molecule has 1 aliphatic rings. The second kappa shape index (κ2) is 11.4. The van der Waals surface area contributed by atoms with Crippen LogP contribution in [0.2, 0.25) is 0 Å². The zero-order chi connectivity index (χ0) is 24.7. The maximum Gasteiger partial charge on any atom is 0.246 e. The molecule has 10 heteroatoms. The normalized spacial score (nSPS) is 15.0. The van der Waals surface area contributed by atoms with Gasteiger partial charge >= 0.3 is 0 Å². The van der Waals surface area contributed by atoms with Crippen LogP contribution < -0.4 is 9.47 Å². The number of hydrogen-bond acceptors (Lipinski definition) is 5. The maximum absolute atomic E-state index is 14.0. The Hall–Kier alpha value is -2.98. The summed E-state index contributed by atoms with van der Waals surface area (Å²) in [4.78, 5) is 13.5. The Morgan fingerprint density at radius 2 is 1.79 bits per heavy atom. The Balaban J connectivity index is 1.60. The van der Waals surface area contributed by atoms with Crippen molar-refractivity contribution in [3.63, 3.8) is 0 Å². The van der Waals surface area contributed by atoms with Crippen molar-refractivity contribution in [3.05, 3.63) is 59.7 Å². The summed E-state index contributed by atoms with van der Waals surface area (Å²) in [6, 6.07) is 7.73. The van der Waals surface area contributed by atoms with E-state index in [1.807, 2.05) is 6.07 Å². The van der Waals surface area contributed by atoms with Crippen LogP contribution in [0.4, 0.5) is 8.78 Å². The molecule has 0 bridgehead atoms. The molecule has 0 saturated carbocycles. The molecule has 1 aliphatic heterocycles. The van der Waals surface area contributed by atoms with E-state index in [0.29, 0.717) is 24.2 Å². The molecule has 184 valence electrons. The van der Waals surface area contributed by atoms with Crippen molar-refractivity contribution in [3.8, 4) is 11.5 Å². The number of methoxy groups -OCH3 is 1. The van der Waals surface area contributed by atoms with Gasteiger partial charge in [0, 0.05) is 38.3 Å². The van der Waals surface area contributed by atoms with E-state index in [1.165, 1.54) is 11.0 Å². The van der Waals surface area contributed by atoms with E-state index in [9.17, 15) is 22.0 Å². The van der Waals surface area contributed by atoms with Crippen molar-refractivity contribution < 1.29 is 31.5 Å². The SMILES string of the molecule is CCCCOc1ccc(/C=C/C(=O)N2CCN(S(=O)(=O)c3ccc(F)cc3F)CC2)cc1OC. The van der Waals surface area contributed by atoms with Gasteiger partial charge < -0.3 is 14.4 Å². The second-order valence-corrected chi connectivity index (χ2v) is 9.66. The molecule has 34 heavy (non-hydrogen) atoms. The Labute approximate surface area is 198 Å². The summed E-state index contributed by atoms with van der Waals surface area (Å²) in [5, 5.41) is 0. The lowest BCUT2D eigenvalue weighted by molar-refractivity contribution is -0.127. The van der Waals surface area contributed by atoms with E-state index >= 15 is 0 Å². The lowest BCUT2D eigenvalue weighted by atomic mass is 10.2. The predicted molar refractivity (Wildman–Crippen MR) is 124 cm³/mol. The van der Waals surface area contributed by atoms with Crippen LogP contribution >= 0.6 is 0 Å². The van der Waals surface area contributed by atoms with E-state index in [2.05, 4.69) is 6.92 Å². The number of amides is 1. The molecular formula is C24H28F2N2O5S. The fourth-order valence-electron chi connectivity index (χ4n) is 3.48. The van der Waals surface area contributed by atoms with Gasteiger partial charge in [0.2, 0.25) is 15.9 Å². The molecule has 3 rings (SSSR count). The highest BCUT2D eigenvalue weighted by Gasteiger charge is 2.31. The Morgan fingerprint density at radius 1 is 1.06 bits per heavy atom. The van der Waals surface area contributed by atoms with Crippen LogP contribution in [-0.4, -0.2) is 63.4 Å². The molecule has 1 heterocycles. The largest absolute Gasteiger partial charge is 0.493 e. The highest BCUT2D eigenvalue weighted by atomic mass is 32.2. The smallest absolute Gasteiger partial charge is 0.246 e. The minimum atomic E-state index is -4.12. The van der Waals surface area contributed by atoms with E-state index in [4.69, 9.17) is 9.47 Å². The number of ether oxygens (including phenoxy) is 2. The van der Waals surface area contributed by atoms with Gasteiger partial charge in [-0.25, -0.2) is 17.2 Å². The van der Waals surface area contributed by atoms with Gasteiger partial charge in [0.15, 0.2) is 11.5 Å². The van der Waals surface area contributed by atoms with Crippen LogP contribution in [0, 0.1) is 11.6 Å². The van der Waals surface area contributed by atoms with E-state index in [1.54, 1.807) is 25.3 Å². The van der Waals surface area contributed by atoms with Crippen LogP contribution in [0.1, 0.15) is 25.3 Å². The summed E-state index contributed by atoms with van der Waals surface area (Å²) in [6.45, 7) is 3.00. The van der Waals surface area contributed by atoms with Crippen molar-refractivity contribution in [2.24, 2.45) is 0 Å². The number of rotatable bonds is 9. The van der Waals surface area contributed by atoms with Crippen LogP contribution in [0.5, 0.6) is 11.5 Å². The summed E-state index contributed by atoms with van der Waals surface area (Å²) >= 11 is 0. The number of piperazine rings is 1. The van der Waals surface area contributed by atoms with Crippen molar-refractivity contribution in [2.75, 3.05) is 39.9 Å². The highest BCUT2D eigenvalue weighted by molar-refractivity contribution is 7.89. The van der Waals surface area contributed by atoms with E-state index in [-0.39, 0.29) is 32.1 Å². The lowest BCUT2D eigenvalue weighted by Crippen LogP contribution is -2.50. The lowest BCUT2D eigenvalue weighted by Gasteiger charge is -2.33. The van der Waals surface area contributed by atoms with Crippen molar-refractivity contribution in [1.82, 2.24) is 9.21 Å². The molecule has 0 radical (unpaired) electrons. The van der Waals surface area contributed by atoms with Crippen LogP contribution in [0.3, 0.4) is 0 Å². The summed E-state index contributed by atoms with van der Waals surface area (Å²) in [6.07, 6.45) is 5.02. The fourth-order valence-corrected chi connectivity index (χ4v) is 4.95. The standard InChI is InChI=1S/C24H28F2N2O5S/c1-3-4-15-33-21-8-5-18(16-22(21)32-2)6-10-24(29)27-11-13-28(14-12-27)34(30,31)23-9-7-19(25)17-20(23)26/h5-10,16-17H,3-4,11-15H2,1-2H3/b10-6+. The summed E-state index contributed by atoms with van der Waals surface area (Å²) in [7, 11) is -2.58. The number of carbonyl (C=O) groups is 1. The maximum atomic E-state index is 14.0. The Kier molecular flexibility index (Phi) is 8.62. The molecule has 2 aromatic carbocycles. The first-order valence-electron chi connectivity index (χ1n) is 11.0. The molecule has 1 fully saturated rings. The number of sulfonamides is 1. The second-order valence-electron chi connectivity index (χ2n) is 7.75. The number of halogens is 2. The van der Waals surface area contributed by atoms with Crippen LogP contribution in [0.25, 0.3) is 6.08 Å². The molecule has 1 saturated heterocycles. The Bertz CT molecular complexity index is 1150.